The number of hydrogen-bond acceptors (Lipinski definition) is 3. The van der Waals surface area contributed by atoms with Crippen LogP contribution in [0.3, 0.4) is 0 Å². The highest BCUT2D eigenvalue weighted by Gasteiger charge is 2.30. The van der Waals surface area contributed by atoms with Crippen molar-refractivity contribution in [3.05, 3.63) is 24.3 Å². The van der Waals surface area contributed by atoms with Gasteiger partial charge >= 0.3 is 0 Å². The molecule has 4 heteroatoms. The van der Waals surface area contributed by atoms with E-state index < -0.39 is 0 Å². The predicted octanol–water partition coefficient (Wildman–Crippen LogP) is 1.53. The van der Waals surface area contributed by atoms with Crippen molar-refractivity contribution in [1.82, 2.24) is 5.32 Å². The Bertz CT molecular complexity index is 427. The minimum Gasteiger partial charge on any atom is -0.478 e. The van der Waals surface area contributed by atoms with E-state index >= 15 is 0 Å². The quantitative estimate of drug-likeness (QED) is 0.813. The van der Waals surface area contributed by atoms with Gasteiger partial charge in [-0.1, -0.05) is 12.1 Å². The molecule has 2 aliphatic heterocycles. The Hall–Kier alpha value is -1.55. The van der Waals surface area contributed by atoms with Crippen molar-refractivity contribution in [3.8, 4) is 5.75 Å². The second kappa shape index (κ2) is 4.37. The largest absolute Gasteiger partial charge is 0.478 e. The first-order valence-electron chi connectivity index (χ1n) is 6.13. The van der Waals surface area contributed by atoms with Crippen LogP contribution in [0.25, 0.3) is 0 Å². The molecule has 1 saturated heterocycles. The van der Waals surface area contributed by atoms with E-state index in [1.54, 1.807) is 0 Å². The van der Waals surface area contributed by atoms with Crippen molar-refractivity contribution < 1.29 is 9.53 Å². The summed E-state index contributed by atoms with van der Waals surface area (Å²) >= 11 is 0. The lowest BCUT2D eigenvalue weighted by atomic mass is 10.1. The van der Waals surface area contributed by atoms with E-state index in [4.69, 9.17) is 4.74 Å². The van der Waals surface area contributed by atoms with Crippen LogP contribution in [0.15, 0.2) is 24.3 Å². The van der Waals surface area contributed by atoms with Crippen LogP contribution >= 0.6 is 0 Å². The molecule has 1 aromatic rings. The van der Waals surface area contributed by atoms with Gasteiger partial charge in [0, 0.05) is 12.5 Å². The third kappa shape index (κ3) is 2.13. The van der Waals surface area contributed by atoms with Crippen molar-refractivity contribution >= 4 is 11.6 Å². The van der Waals surface area contributed by atoms with Crippen LogP contribution in [0.2, 0.25) is 0 Å². The molecule has 0 radical (unpaired) electrons. The number of carbonyl (C=O) groups is 1. The number of benzene rings is 1. The Morgan fingerprint density at radius 2 is 2.24 bits per heavy atom. The van der Waals surface area contributed by atoms with Gasteiger partial charge in [0.25, 0.3) is 5.91 Å². The van der Waals surface area contributed by atoms with Gasteiger partial charge in [-0.3, -0.25) is 4.79 Å². The fraction of sp³-hybridized carbons (Fsp3) is 0.462. The molecule has 0 aromatic heterocycles. The van der Waals surface area contributed by atoms with Gasteiger partial charge in [0.1, 0.15) is 5.75 Å². The molecule has 1 amide bonds. The van der Waals surface area contributed by atoms with Gasteiger partial charge in [-0.2, -0.15) is 0 Å². The van der Waals surface area contributed by atoms with Gasteiger partial charge < -0.3 is 15.4 Å². The van der Waals surface area contributed by atoms with Gasteiger partial charge in [0.2, 0.25) is 0 Å². The molecule has 3 rings (SSSR count). The lowest BCUT2D eigenvalue weighted by Crippen LogP contribution is -2.41. The van der Waals surface area contributed by atoms with E-state index in [0.29, 0.717) is 6.04 Å². The number of fused-ring (bicyclic) bond motifs is 1. The monoisotopic (exact) mass is 232 g/mol. The van der Waals surface area contributed by atoms with Crippen LogP contribution in [0.1, 0.15) is 19.3 Å². The molecule has 2 unspecified atom stereocenters. The summed E-state index contributed by atoms with van der Waals surface area (Å²) in [5.41, 5.74) is 0.771. The number of rotatable bonds is 2. The zero-order chi connectivity index (χ0) is 11.7. The second-order valence-corrected chi connectivity index (χ2v) is 4.62. The lowest BCUT2D eigenvalue weighted by molar-refractivity contribution is -0.124. The first-order chi connectivity index (χ1) is 8.33. The van der Waals surface area contributed by atoms with Crippen LogP contribution < -0.4 is 15.4 Å². The topological polar surface area (TPSA) is 50.4 Å². The average molecular weight is 232 g/mol. The Labute approximate surface area is 100 Å². The summed E-state index contributed by atoms with van der Waals surface area (Å²) in [4.78, 5) is 11.9. The fourth-order valence-corrected chi connectivity index (χ4v) is 2.46. The minimum absolute atomic E-state index is 0.0302. The van der Waals surface area contributed by atoms with E-state index in [1.807, 2.05) is 24.3 Å². The maximum atomic E-state index is 11.9. The number of carbonyl (C=O) groups excluding carboxylic acids is 1. The zero-order valence-corrected chi connectivity index (χ0v) is 9.61. The molecule has 2 heterocycles. The maximum absolute atomic E-state index is 11.9. The van der Waals surface area contributed by atoms with E-state index in [2.05, 4.69) is 10.6 Å². The number of anilines is 1. The molecule has 0 saturated carbocycles. The fourth-order valence-electron chi connectivity index (χ4n) is 2.46. The standard InChI is InChI=1S/C13H16N2O2/c16-13-12(8-9-4-3-7-14-9)17-11-6-2-1-5-10(11)15-13/h1-2,5-6,9,12,14H,3-4,7-8H2,(H,15,16). The molecular formula is C13H16N2O2. The highest BCUT2D eigenvalue weighted by atomic mass is 16.5. The van der Waals surface area contributed by atoms with Crippen LogP contribution in [0.4, 0.5) is 5.69 Å². The number of hydrogen-bond donors (Lipinski definition) is 2. The van der Waals surface area contributed by atoms with Crippen LogP contribution in [-0.4, -0.2) is 24.6 Å². The molecule has 0 spiro atoms. The molecular weight excluding hydrogens is 216 g/mol. The van der Waals surface area contributed by atoms with Crippen molar-refractivity contribution in [1.29, 1.82) is 0 Å². The van der Waals surface area contributed by atoms with E-state index in [1.165, 1.54) is 6.42 Å². The van der Waals surface area contributed by atoms with Gasteiger partial charge in [0.05, 0.1) is 5.69 Å². The van der Waals surface area contributed by atoms with E-state index in [9.17, 15) is 4.79 Å². The molecule has 2 N–H and O–H groups in total. The third-order valence-electron chi connectivity index (χ3n) is 3.37. The van der Waals surface area contributed by atoms with Gasteiger partial charge in [-0.25, -0.2) is 0 Å². The van der Waals surface area contributed by atoms with Crippen molar-refractivity contribution in [2.75, 3.05) is 11.9 Å². The van der Waals surface area contributed by atoms with Crippen LogP contribution in [0.5, 0.6) is 5.75 Å². The van der Waals surface area contributed by atoms with E-state index in [0.717, 1.165) is 30.8 Å². The minimum atomic E-state index is -0.361. The SMILES string of the molecule is O=C1Nc2ccccc2OC1CC1CCCN1. The highest BCUT2D eigenvalue weighted by molar-refractivity contribution is 5.97. The summed E-state index contributed by atoms with van der Waals surface area (Å²) in [6.45, 7) is 1.05. The number of para-hydroxylation sites is 2. The molecule has 0 bridgehead atoms. The molecule has 1 fully saturated rings. The van der Waals surface area contributed by atoms with Gasteiger partial charge in [-0.05, 0) is 31.5 Å². The van der Waals surface area contributed by atoms with Crippen molar-refractivity contribution in [2.45, 2.75) is 31.4 Å². The summed E-state index contributed by atoms with van der Waals surface area (Å²) < 4.78 is 5.75. The molecule has 2 aliphatic rings. The summed E-state index contributed by atoms with van der Waals surface area (Å²) in [5, 5.41) is 6.28. The normalized spacial score (nSPS) is 27.2. The Morgan fingerprint density at radius 3 is 3.06 bits per heavy atom. The highest BCUT2D eigenvalue weighted by Crippen LogP contribution is 2.30. The number of amides is 1. The van der Waals surface area contributed by atoms with E-state index in [-0.39, 0.29) is 12.0 Å². The first-order valence-corrected chi connectivity index (χ1v) is 6.13. The first kappa shape index (κ1) is 10.6. The van der Waals surface area contributed by atoms with Gasteiger partial charge in [-0.15, -0.1) is 0 Å². The molecule has 1 aromatic carbocycles. The Kier molecular flexibility index (Phi) is 2.73. The molecule has 4 nitrogen and oxygen atoms in total. The number of ether oxygens (including phenoxy) is 1. The zero-order valence-electron chi connectivity index (χ0n) is 9.61. The average Bonchev–Trinajstić information content (AvgIpc) is 2.83. The predicted molar refractivity (Wildman–Crippen MR) is 65.1 cm³/mol. The summed E-state index contributed by atoms with van der Waals surface area (Å²) in [6.07, 6.45) is 2.71. The summed E-state index contributed by atoms with van der Waals surface area (Å²) in [7, 11) is 0. The Balaban J connectivity index is 1.72. The Morgan fingerprint density at radius 1 is 1.35 bits per heavy atom. The maximum Gasteiger partial charge on any atom is 0.265 e. The van der Waals surface area contributed by atoms with Gasteiger partial charge in [0.15, 0.2) is 6.10 Å². The molecule has 0 aliphatic carbocycles. The molecule has 17 heavy (non-hydrogen) atoms. The molecule has 90 valence electrons. The lowest BCUT2D eigenvalue weighted by Gasteiger charge is -2.27. The van der Waals surface area contributed by atoms with Crippen LogP contribution in [0, 0.1) is 0 Å². The third-order valence-corrected chi connectivity index (χ3v) is 3.37. The summed E-state index contributed by atoms with van der Waals surface area (Å²) in [5.74, 6) is 0.743. The summed E-state index contributed by atoms with van der Waals surface area (Å²) in [6, 6.07) is 7.97. The number of nitrogens with one attached hydrogen (secondary N) is 2. The van der Waals surface area contributed by atoms with Crippen molar-refractivity contribution in [3.63, 3.8) is 0 Å². The smallest absolute Gasteiger partial charge is 0.265 e. The van der Waals surface area contributed by atoms with Crippen molar-refractivity contribution in [2.24, 2.45) is 0 Å². The van der Waals surface area contributed by atoms with Crippen LogP contribution in [-0.2, 0) is 4.79 Å². The molecule has 2 atom stereocenters. The second-order valence-electron chi connectivity index (χ2n) is 4.62.